The fraction of sp³-hybridized carbons (Fsp3) is 0.294. The van der Waals surface area contributed by atoms with Crippen LogP contribution in [-0.2, 0) is 0 Å². The lowest BCUT2D eigenvalue weighted by atomic mass is 9.98. The van der Waals surface area contributed by atoms with Crippen LogP contribution < -0.4 is 10.1 Å². The molecule has 1 N–H and O–H groups in total. The summed E-state index contributed by atoms with van der Waals surface area (Å²) in [6.45, 7) is 2.86. The highest BCUT2D eigenvalue weighted by Crippen LogP contribution is 2.33. The van der Waals surface area contributed by atoms with Crippen molar-refractivity contribution in [2.75, 3.05) is 13.7 Å². The van der Waals surface area contributed by atoms with Gasteiger partial charge in [-0.05, 0) is 65.9 Å². The zero-order chi connectivity index (χ0) is 15.2. The quantitative estimate of drug-likeness (QED) is 0.603. The van der Waals surface area contributed by atoms with Crippen molar-refractivity contribution in [3.05, 3.63) is 61.6 Å². The van der Waals surface area contributed by atoms with Crippen LogP contribution in [0, 0.1) is 3.57 Å². The standard InChI is InChI=1S/C17H19BrINO/c1-3-10-21-16-7-5-4-6-13(16)17(20-2)14-11-12(18)8-9-15(14)19/h4-9,11,17,20H,3,10H2,1-2H3. The molecule has 0 aliphatic rings. The molecule has 0 fully saturated rings. The van der Waals surface area contributed by atoms with E-state index >= 15 is 0 Å². The molecule has 0 bridgehead atoms. The maximum absolute atomic E-state index is 5.91. The molecule has 21 heavy (non-hydrogen) atoms. The first-order chi connectivity index (χ1) is 10.2. The van der Waals surface area contributed by atoms with E-state index in [1.165, 1.54) is 14.7 Å². The van der Waals surface area contributed by atoms with E-state index in [0.717, 1.165) is 23.2 Å². The van der Waals surface area contributed by atoms with Gasteiger partial charge in [0.25, 0.3) is 0 Å². The Morgan fingerprint density at radius 1 is 1.19 bits per heavy atom. The molecule has 2 aromatic carbocycles. The molecule has 112 valence electrons. The summed E-state index contributed by atoms with van der Waals surface area (Å²) in [6, 6.07) is 14.7. The lowest BCUT2D eigenvalue weighted by Crippen LogP contribution is -2.20. The van der Waals surface area contributed by atoms with Gasteiger partial charge in [-0.2, -0.15) is 0 Å². The smallest absolute Gasteiger partial charge is 0.124 e. The normalized spacial score (nSPS) is 12.2. The molecule has 0 spiro atoms. The lowest BCUT2D eigenvalue weighted by molar-refractivity contribution is 0.312. The van der Waals surface area contributed by atoms with Crippen molar-refractivity contribution in [1.82, 2.24) is 5.32 Å². The van der Waals surface area contributed by atoms with Gasteiger partial charge in [-0.3, -0.25) is 0 Å². The van der Waals surface area contributed by atoms with Crippen LogP contribution in [-0.4, -0.2) is 13.7 Å². The molecule has 0 radical (unpaired) electrons. The number of hydrogen-bond donors (Lipinski definition) is 1. The summed E-state index contributed by atoms with van der Waals surface area (Å²) in [5, 5.41) is 3.41. The average Bonchev–Trinajstić information content (AvgIpc) is 2.50. The van der Waals surface area contributed by atoms with Gasteiger partial charge in [-0.15, -0.1) is 0 Å². The van der Waals surface area contributed by atoms with E-state index in [-0.39, 0.29) is 6.04 Å². The number of ether oxygens (including phenoxy) is 1. The Labute approximate surface area is 148 Å². The fourth-order valence-electron chi connectivity index (χ4n) is 2.28. The van der Waals surface area contributed by atoms with Crippen molar-refractivity contribution < 1.29 is 4.74 Å². The highest BCUT2D eigenvalue weighted by Gasteiger charge is 2.19. The second-order valence-corrected chi connectivity index (χ2v) is 6.85. The van der Waals surface area contributed by atoms with Crippen LogP contribution in [0.25, 0.3) is 0 Å². The van der Waals surface area contributed by atoms with Gasteiger partial charge < -0.3 is 10.1 Å². The summed E-state index contributed by atoms with van der Waals surface area (Å²) in [5.74, 6) is 0.953. The Hall–Kier alpha value is -0.590. The van der Waals surface area contributed by atoms with Crippen molar-refractivity contribution in [1.29, 1.82) is 0 Å². The summed E-state index contributed by atoms with van der Waals surface area (Å²) in [5.41, 5.74) is 2.42. The zero-order valence-corrected chi connectivity index (χ0v) is 15.9. The monoisotopic (exact) mass is 459 g/mol. The zero-order valence-electron chi connectivity index (χ0n) is 12.2. The molecule has 4 heteroatoms. The van der Waals surface area contributed by atoms with E-state index in [1.54, 1.807) is 0 Å². The Balaban J connectivity index is 2.44. The first kappa shape index (κ1) is 16.8. The van der Waals surface area contributed by atoms with Gasteiger partial charge in [0.2, 0.25) is 0 Å². The molecule has 0 saturated carbocycles. The van der Waals surface area contributed by atoms with Crippen LogP contribution in [0.2, 0.25) is 0 Å². The number of halogens is 2. The van der Waals surface area contributed by atoms with Crippen LogP contribution in [0.5, 0.6) is 5.75 Å². The van der Waals surface area contributed by atoms with Gasteiger partial charge in [-0.1, -0.05) is 41.1 Å². The Bertz CT molecular complexity index is 603. The van der Waals surface area contributed by atoms with Crippen LogP contribution in [0.4, 0.5) is 0 Å². The highest BCUT2D eigenvalue weighted by atomic mass is 127. The van der Waals surface area contributed by atoms with Crippen molar-refractivity contribution >= 4 is 38.5 Å². The van der Waals surface area contributed by atoms with E-state index in [0.29, 0.717) is 0 Å². The highest BCUT2D eigenvalue weighted by molar-refractivity contribution is 14.1. The molecule has 1 atom stereocenters. The molecule has 2 aromatic rings. The second-order valence-electron chi connectivity index (χ2n) is 4.77. The minimum atomic E-state index is 0.113. The Kier molecular flexibility index (Phi) is 6.51. The topological polar surface area (TPSA) is 21.3 Å². The number of hydrogen-bond acceptors (Lipinski definition) is 2. The third kappa shape index (κ3) is 4.20. The van der Waals surface area contributed by atoms with Gasteiger partial charge in [0, 0.05) is 13.6 Å². The van der Waals surface area contributed by atoms with Gasteiger partial charge in [0.1, 0.15) is 5.75 Å². The summed E-state index contributed by atoms with van der Waals surface area (Å²) in [7, 11) is 1.98. The van der Waals surface area contributed by atoms with Crippen molar-refractivity contribution in [2.45, 2.75) is 19.4 Å². The van der Waals surface area contributed by atoms with E-state index < -0.39 is 0 Å². The van der Waals surface area contributed by atoms with Gasteiger partial charge in [-0.25, -0.2) is 0 Å². The third-order valence-corrected chi connectivity index (χ3v) is 4.73. The summed E-state index contributed by atoms with van der Waals surface area (Å²) < 4.78 is 8.23. The van der Waals surface area contributed by atoms with Gasteiger partial charge in [0.05, 0.1) is 12.6 Å². The maximum atomic E-state index is 5.91. The molecule has 0 aliphatic carbocycles. The largest absolute Gasteiger partial charge is 0.493 e. The summed E-state index contributed by atoms with van der Waals surface area (Å²) >= 11 is 5.95. The molecule has 0 saturated heterocycles. The van der Waals surface area contributed by atoms with Gasteiger partial charge >= 0.3 is 0 Å². The van der Waals surface area contributed by atoms with E-state index in [9.17, 15) is 0 Å². The lowest BCUT2D eigenvalue weighted by Gasteiger charge is -2.22. The minimum Gasteiger partial charge on any atom is -0.493 e. The molecule has 2 nitrogen and oxygen atoms in total. The molecule has 0 aromatic heterocycles. The van der Waals surface area contributed by atoms with Crippen LogP contribution in [0.3, 0.4) is 0 Å². The molecule has 1 unspecified atom stereocenters. The summed E-state index contributed by atoms with van der Waals surface area (Å²) in [6.07, 6.45) is 1.01. The second kappa shape index (κ2) is 8.15. The third-order valence-electron chi connectivity index (χ3n) is 3.25. The molecule has 2 rings (SSSR count). The summed E-state index contributed by atoms with van der Waals surface area (Å²) in [4.78, 5) is 0. The predicted molar refractivity (Wildman–Crippen MR) is 100.0 cm³/mol. The van der Waals surface area contributed by atoms with Crippen LogP contribution in [0.15, 0.2) is 46.9 Å². The van der Waals surface area contributed by atoms with Crippen molar-refractivity contribution in [2.24, 2.45) is 0 Å². The SMILES string of the molecule is CCCOc1ccccc1C(NC)c1cc(Br)ccc1I. The number of benzene rings is 2. The average molecular weight is 460 g/mol. The molecule has 0 heterocycles. The Morgan fingerprint density at radius 2 is 1.95 bits per heavy atom. The molecular weight excluding hydrogens is 441 g/mol. The fourth-order valence-corrected chi connectivity index (χ4v) is 3.30. The van der Waals surface area contributed by atoms with Crippen molar-refractivity contribution in [3.8, 4) is 5.75 Å². The molecule has 0 amide bonds. The maximum Gasteiger partial charge on any atom is 0.124 e. The predicted octanol–water partition coefficient (Wildman–Crippen LogP) is 5.15. The first-order valence-electron chi connectivity index (χ1n) is 7.01. The van der Waals surface area contributed by atoms with E-state index in [4.69, 9.17) is 4.74 Å². The first-order valence-corrected chi connectivity index (χ1v) is 8.88. The molecule has 0 aliphatic heterocycles. The number of para-hydroxylation sites is 1. The number of rotatable bonds is 6. The van der Waals surface area contributed by atoms with Gasteiger partial charge in [0.15, 0.2) is 0 Å². The van der Waals surface area contributed by atoms with Crippen LogP contribution >= 0.6 is 38.5 Å². The molecular formula is C17H19BrINO. The minimum absolute atomic E-state index is 0.113. The van der Waals surface area contributed by atoms with Crippen LogP contribution in [0.1, 0.15) is 30.5 Å². The van der Waals surface area contributed by atoms with E-state index in [1.807, 2.05) is 19.2 Å². The van der Waals surface area contributed by atoms with E-state index in [2.05, 4.69) is 81.1 Å². The Morgan fingerprint density at radius 3 is 2.67 bits per heavy atom. The number of nitrogens with one attached hydrogen (secondary N) is 1. The van der Waals surface area contributed by atoms with Crippen molar-refractivity contribution in [3.63, 3.8) is 0 Å².